The Hall–Kier alpha value is -6.34. The van der Waals surface area contributed by atoms with E-state index in [2.05, 4.69) is 10.6 Å². The Morgan fingerprint density at radius 1 is 0.688 bits per heavy atom. The summed E-state index contributed by atoms with van der Waals surface area (Å²) in [5, 5.41) is 88.4. The number of rotatable bonds is 20. The van der Waals surface area contributed by atoms with Crippen LogP contribution in [-0.2, 0) is 38.4 Å². The highest BCUT2D eigenvalue weighted by molar-refractivity contribution is 6.12. The number of allylic oxidation sites excluding steroid dienone is 6. The quantitative estimate of drug-likeness (QED) is 0.0813. The van der Waals surface area contributed by atoms with Crippen molar-refractivity contribution in [2.45, 2.75) is 135 Å². The molecule has 2 saturated heterocycles. The van der Waals surface area contributed by atoms with E-state index in [9.17, 15) is 79.2 Å². The van der Waals surface area contributed by atoms with E-state index >= 15 is 0 Å². The average molecular weight is 897 g/mol. The van der Waals surface area contributed by atoms with Gasteiger partial charge in [-0.15, -0.1) is 0 Å². The molecule has 0 amide bonds. The number of carboxylic acids is 8. The Kier molecular flexibility index (Phi) is 13.4. The molecule has 0 aliphatic carbocycles. The molecule has 0 spiro atoms. The second-order valence-corrected chi connectivity index (χ2v) is 18.7. The molecular weight excluding hydrogens is 840 g/mol. The van der Waals surface area contributed by atoms with Crippen LogP contribution in [-0.4, -0.2) is 117 Å². The third kappa shape index (κ3) is 9.17. The summed E-state index contributed by atoms with van der Waals surface area (Å²) in [4.78, 5) is 110. The van der Waals surface area contributed by atoms with Crippen LogP contribution in [0.4, 0.5) is 0 Å². The number of carbonyl (C=O) groups is 8. The fourth-order valence-corrected chi connectivity index (χ4v) is 11.2. The number of aliphatic carboxylic acids is 8. The molecule has 20 heteroatoms. The number of hydrogen-bond donors (Lipinski definition) is 10. The van der Waals surface area contributed by atoms with Crippen molar-refractivity contribution < 1.29 is 79.2 Å². The molecule has 0 aromatic rings. The van der Waals surface area contributed by atoms with E-state index in [1.165, 1.54) is 12.2 Å². The first kappa shape index (κ1) is 48.7. The van der Waals surface area contributed by atoms with Gasteiger partial charge in [0.05, 0.1) is 54.2 Å². The number of nitrogens with zero attached hydrogens (tertiary/aromatic N) is 2. The first-order chi connectivity index (χ1) is 29.6. The maximum absolute atomic E-state index is 13.0. The zero-order valence-corrected chi connectivity index (χ0v) is 36.3. The predicted octanol–water partition coefficient (Wildman–Crippen LogP) is 4.32. The first-order valence-electron chi connectivity index (χ1n) is 21.0. The standard InChI is InChI=1S/C44H56N4O16/c1-40(13-12-34(55)56)25(15-36(59)60)39-44(5)42(3,20-38(63)64)23(8-11-33(53)54)27(48-44)17-30-41(2,19-37(61)62)22(7-10-32(51)52)28(45-30)18-43(4)24(14-35(57)58)21(6-9-31(49)50)26(47-43)16-29(40)46-39/h16-17,23,25,39,46,48H,6-15,18-20H2,1-5H3,(H,49,50)(H,51,52)(H,53,54)(H,55,56)(H,57,58)(H,59,60)(H,61,62)(H,63,64)/t23-,25+,39-,40-,41+,42+,43+,44+/m1/s1. The van der Waals surface area contributed by atoms with Gasteiger partial charge in [-0.1, -0.05) is 13.8 Å². The van der Waals surface area contributed by atoms with Crippen molar-refractivity contribution in [2.24, 2.45) is 38.1 Å². The molecular formula is C44H56N4O16. The fourth-order valence-electron chi connectivity index (χ4n) is 11.2. The lowest BCUT2D eigenvalue weighted by Gasteiger charge is -2.48. The van der Waals surface area contributed by atoms with Crippen LogP contribution in [0.5, 0.6) is 0 Å². The normalized spacial score (nSPS) is 31.7. The van der Waals surface area contributed by atoms with E-state index in [4.69, 9.17) is 9.98 Å². The van der Waals surface area contributed by atoms with Crippen LogP contribution in [0.15, 0.2) is 55.9 Å². The molecule has 8 bridgehead atoms. The van der Waals surface area contributed by atoms with Gasteiger partial charge in [0.2, 0.25) is 0 Å². The third-order valence-corrected chi connectivity index (χ3v) is 14.5. The minimum atomic E-state index is -1.55. The van der Waals surface area contributed by atoms with Gasteiger partial charge in [0.1, 0.15) is 0 Å². The number of aliphatic imine (C=N–C) groups is 2. The number of carboxylic acid groups (broad SMARTS) is 8. The summed E-state index contributed by atoms with van der Waals surface area (Å²) in [6.07, 6.45) is -2.20. The molecule has 5 aliphatic heterocycles. The number of hydrogen-bond acceptors (Lipinski definition) is 12. The SMILES string of the molecule is C[C@@]1(CC(=O)O)C2=NC(=C1CCC(=O)O)C[C@]1(C)N=C(C=C3N[C@H]([C@H](CC(=O)O)[C@@]3(C)CCC(=O)O)[C@]3(C)NC(=C2)[C@@H](CCC(=O)O)[C@]3(C)CC(=O)O)C(CCC(=O)O)=C1CC(=O)O. The third-order valence-electron chi connectivity index (χ3n) is 14.5. The molecule has 5 rings (SSSR count). The smallest absolute Gasteiger partial charge is 0.307 e. The summed E-state index contributed by atoms with van der Waals surface area (Å²) >= 11 is 0. The molecule has 64 heavy (non-hydrogen) atoms. The van der Waals surface area contributed by atoms with Gasteiger partial charge in [-0.2, -0.15) is 0 Å². The van der Waals surface area contributed by atoms with Crippen molar-refractivity contribution >= 4 is 59.2 Å². The van der Waals surface area contributed by atoms with Crippen LogP contribution in [0.2, 0.25) is 0 Å². The van der Waals surface area contributed by atoms with Crippen molar-refractivity contribution in [3.63, 3.8) is 0 Å². The molecule has 10 N–H and O–H groups in total. The average Bonchev–Trinajstić information content (AvgIpc) is 3.72. The highest BCUT2D eigenvalue weighted by atomic mass is 16.4. The lowest BCUT2D eigenvalue weighted by molar-refractivity contribution is -0.144. The summed E-state index contributed by atoms with van der Waals surface area (Å²) in [6.45, 7) is 8.12. The van der Waals surface area contributed by atoms with E-state index in [1.807, 2.05) is 0 Å². The monoisotopic (exact) mass is 896 g/mol. The minimum absolute atomic E-state index is 0.0946. The predicted molar refractivity (Wildman–Crippen MR) is 224 cm³/mol. The lowest BCUT2D eigenvalue weighted by Crippen LogP contribution is -2.63. The fraction of sp³-hybridized carbons (Fsp3) is 0.591. The zero-order chi connectivity index (χ0) is 47.9. The van der Waals surface area contributed by atoms with Crippen molar-refractivity contribution in [1.82, 2.24) is 10.6 Å². The van der Waals surface area contributed by atoms with Crippen molar-refractivity contribution in [2.75, 3.05) is 0 Å². The molecule has 348 valence electrons. The zero-order valence-electron chi connectivity index (χ0n) is 36.3. The van der Waals surface area contributed by atoms with Crippen molar-refractivity contribution in [3.05, 3.63) is 46.0 Å². The van der Waals surface area contributed by atoms with Crippen LogP contribution >= 0.6 is 0 Å². The summed E-state index contributed by atoms with van der Waals surface area (Å²) in [7, 11) is 0. The Labute approximate surface area is 367 Å². The lowest BCUT2D eigenvalue weighted by atomic mass is 9.57. The molecule has 0 radical (unpaired) electrons. The van der Waals surface area contributed by atoms with Gasteiger partial charge in [0.25, 0.3) is 0 Å². The Morgan fingerprint density at radius 2 is 1.28 bits per heavy atom. The first-order valence-corrected chi connectivity index (χ1v) is 21.0. The molecule has 0 aromatic heterocycles. The van der Waals surface area contributed by atoms with Gasteiger partial charge < -0.3 is 51.5 Å². The van der Waals surface area contributed by atoms with Crippen LogP contribution < -0.4 is 10.6 Å². The molecule has 20 nitrogen and oxygen atoms in total. The number of nitrogens with one attached hydrogen (secondary N) is 2. The summed E-state index contributed by atoms with van der Waals surface area (Å²) in [6, 6.07) is -1.07. The maximum atomic E-state index is 13.0. The molecule has 0 saturated carbocycles. The van der Waals surface area contributed by atoms with Crippen molar-refractivity contribution in [3.8, 4) is 0 Å². The van der Waals surface area contributed by atoms with E-state index in [0.29, 0.717) is 5.57 Å². The summed E-state index contributed by atoms with van der Waals surface area (Å²) < 4.78 is 0. The molecule has 5 aliphatic rings. The van der Waals surface area contributed by atoms with Gasteiger partial charge in [-0.3, -0.25) is 48.3 Å². The second-order valence-electron chi connectivity index (χ2n) is 18.7. The molecule has 2 fully saturated rings. The van der Waals surface area contributed by atoms with Crippen LogP contribution in [0.1, 0.15) is 118 Å². The summed E-state index contributed by atoms with van der Waals surface area (Å²) in [5.41, 5.74) is -5.83. The Morgan fingerprint density at radius 3 is 1.83 bits per heavy atom. The van der Waals surface area contributed by atoms with Gasteiger partial charge in [-0.25, -0.2) is 0 Å². The highest BCUT2D eigenvalue weighted by Gasteiger charge is 2.66. The van der Waals surface area contributed by atoms with Gasteiger partial charge in [-0.05, 0) is 75.3 Å². The molecule has 0 unspecified atom stereocenters. The molecule has 5 heterocycles. The van der Waals surface area contributed by atoms with Gasteiger partial charge >= 0.3 is 47.8 Å². The van der Waals surface area contributed by atoms with Crippen molar-refractivity contribution in [1.29, 1.82) is 0 Å². The van der Waals surface area contributed by atoms with E-state index in [1.54, 1.807) is 34.6 Å². The Balaban J connectivity index is 1.98. The molecule has 8 atom stereocenters. The minimum Gasteiger partial charge on any atom is -0.481 e. The van der Waals surface area contributed by atoms with Crippen LogP contribution in [0.25, 0.3) is 0 Å². The molecule has 0 aromatic carbocycles. The van der Waals surface area contributed by atoms with Crippen LogP contribution in [0, 0.1) is 28.1 Å². The van der Waals surface area contributed by atoms with Gasteiger partial charge in [0, 0.05) is 77.3 Å². The number of fused-ring (bicyclic) bond motifs is 7. The van der Waals surface area contributed by atoms with E-state index in [-0.39, 0.29) is 71.8 Å². The van der Waals surface area contributed by atoms with E-state index in [0.717, 1.165) is 0 Å². The highest BCUT2D eigenvalue weighted by Crippen LogP contribution is 2.61. The Bertz CT molecular complexity index is 2270. The maximum Gasteiger partial charge on any atom is 0.307 e. The van der Waals surface area contributed by atoms with Crippen LogP contribution in [0.3, 0.4) is 0 Å². The van der Waals surface area contributed by atoms with Gasteiger partial charge in [0.15, 0.2) is 0 Å². The largest absolute Gasteiger partial charge is 0.481 e. The second kappa shape index (κ2) is 17.7. The summed E-state index contributed by atoms with van der Waals surface area (Å²) in [5.74, 6) is -12.0. The topological polar surface area (TPSA) is 347 Å². The van der Waals surface area contributed by atoms with E-state index < -0.39 is 144 Å².